The molecule has 2 saturated carbocycles. The van der Waals surface area contributed by atoms with Crippen LogP contribution in [-0.2, 0) is 9.59 Å². The van der Waals surface area contributed by atoms with E-state index in [0.29, 0.717) is 18.8 Å². The van der Waals surface area contributed by atoms with Gasteiger partial charge in [-0.15, -0.1) is 0 Å². The maximum atomic E-state index is 13.1. The summed E-state index contributed by atoms with van der Waals surface area (Å²) in [4.78, 5) is 27.2. The number of amides is 1. The highest BCUT2D eigenvalue weighted by Gasteiger charge is 2.65. The molecule has 9 nitrogen and oxygen atoms in total. The van der Waals surface area contributed by atoms with E-state index in [1.165, 1.54) is 0 Å². The average Bonchev–Trinajstić information content (AvgIpc) is 2.81. The van der Waals surface area contributed by atoms with Gasteiger partial charge in [-0.2, -0.15) is 0 Å². The SMILES string of the molecule is CN(C)CC1C=CC(C2C=CC(O)C3C(O)C4C(O)[C@]5(O)C(=O)C(C(N)=O)=C(O)C[C@@H]5C[C@@H]4CC23)CC1. The zero-order chi connectivity index (χ0) is 26.8. The zero-order valence-electron chi connectivity index (χ0n) is 21.5. The van der Waals surface area contributed by atoms with Crippen LogP contribution in [0.2, 0.25) is 0 Å². The Morgan fingerprint density at radius 2 is 1.81 bits per heavy atom. The predicted octanol–water partition coefficient (Wildman–Crippen LogP) is 0.289. The number of aliphatic hydroxyl groups excluding tert-OH is 4. The number of aliphatic hydroxyl groups is 5. The molecule has 0 radical (unpaired) electrons. The Morgan fingerprint density at radius 1 is 1.08 bits per heavy atom. The molecule has 37 heavy (non-hydrogen) atoms. The first-order valence-corrected chi connectivity index (χ1v) is 13.5. The van der Waals surface area contributed by atoms with E-state index in [1.807, 2.05) is 0 Å². The summed E-state index contributed by atoms with van der Waals surface area (Å²) in [5.74, 6) is -4.23. The van der Waals surface area contributed by atoms with Crippen molar-refractivity contribution >= 4 is 11.7 Å². The number of carbonyl (C=O) groups excluding carboxylic acids is 2. The third kappa shape index (κ3) is 4.19. The molecule has 5 rings (SSSR count). The molecule has 9 unspecified atom stereocenters. The summed E-state index contributed by atoms with van der Waals surface area (Å²) in [7, 11) is 4.14. The van der Waals surface area contributed by atoms with Crippen LogP contribution in [0.15, 0.2) is 35.6 Å². The van der Waals surface area contributed by atoms with Gasteiger partial charge >= 0.3 is 0 Å². The normalized spacial score (nSPS) is 47.4. The van der Waals surface area contributed by atoms with Gasteiger partial charge in [0.15, 0.2) is 5.60 Å². The monoisotopic (exact) mass is 516 g/mol. The molecule has 9 heteroatoms. The van der Waals surface area contributed by atoms with Crippen molar-refractivity contribution in [3.63, 3.8) is 0 Å². The molecule has 5 aliphatic carbocycles. The number of hydrogen-bond acceptors (Lipinski definition) is 8. The van der Waals surface area contributed by atoms with E-state index in [4.69, 9.17) is 5.73 Å². The Hall–Kier alpha value is -2.04. The molecule has 1 amide bonds. The lowest BCUT2D eigenvalue weighted by atomic mass is 9.49. The summed E-state index contributed by atoms with van der Waals surface area (Å²) >= 11 is 0. The fraction of sp³-hybridized carbons (Fsp3) is 0.714. The lowest BCUT2D eigenvalue weighted by molar-refractivity contribution is -0.224. The van der Waals surface area contributed by atoms with E-state index in [1.54, 1.807) is 6.08 Å². The Kier molecular flexibility index (Phi) is 6.90. The molecule has 0 saturated heterocycles. The molecule has 0 aromatic rings. The van der Waals surface area contributed by atoms with Crippen LogP contribution in [0.25, 0.3) is 0 Å². The molecular formula is C28H40N2O7. The number of nitrogens with zero attached hydrogens (tertiary/aromatic N) is 1. The van der Waals surface area contributed by atoms with E-state index < -0.39 is 64.7 Å². The van der Waals surface area contributed by atoms with Gasteiger partial charge in [0.05, 0.1) is 18.3 Å². The molecule has 12 atom stereocenters. The topological polar surface area (TPSA) is 165 Å². The highest BCUT2D eigenvalue weighted by Crippen LogP contribution is 2.57. The van der Waals surface area contributed by atoms with E-state index in [-0.39, 0.29) is 30.1 Å². The van der Waals surface area contributed by atoms with Crippen molar-refractivity contribution in [1.29, 1.82) is 0 Å². The predicted molar refractivity (Wildman–Crippen MR) is 135 cm³/mol. The molecule has 0 bridgehead atoms. The standard InChI is InChI=1S/C28H40N2O7/c1-30(2)12-13-3-5-14(6-4-13)17-7-8-19(31)22-18(17)10-15-9-16-11-20(32)23(27(29)36)26(35)28(16,37)25(34)21(15)24(22)33/h3,5,7-8,13-19,21-22,24-25,31-34,37H,4,6,9-12H2,1-2H3,(H2,29,36)/t13?,14?,15-,16+,17?,18?,19?,21?,22?,24?,25?,28+/m1/s1. The number of allylic oxidation sites excluding steroid dienone is 3. The van der Waals surface area contributed by atoms with E-state index >= 15 is 0 Å². The van der Waals surface area contributed by atoms with Crippen molar-refractivity contribution < 1.29 is 35.1 Å². The molecule has 2 fully saturated rings. The zero-order valence-corrected chi connectivity index (χ0v) is 21.5. The number of Topliss-reactive ketones (excluding diaryl/α,β-unsaturated/α-hetero) is 1. The number of fused-ring (bicyclic) bond motifs is 3. The van der Waals surface area contributed by atoms with E-state index in [0.717, 1.165) is 19.4 Å². The van der Waals surface area contributed by atoms with Crippen molar-refractivity contribution in [3.8, 4) is 0 Å². The number of carbonyl (C=O) groups is 2. The van der Waals surface area contributed by atoms with Gasteiger partial charge in [-0.3, -0.25) is 9.59 Å². The lowest BCUT2D eigenvalue weighted by Crippen LogP contribution is -2.69. The van der Waals surface area contributed by atoms with Gasteiger partial charge < -0.3 is 36.2 Å². The summed E-state index contributed by atoms with van der Waals surface area (Å²) in [5.41, 5.74) is 2.28. The van der Waals surface area contributed by atoms with Gasteiger partial charge in [0, 0.05) is 30.7 Å². The Balaban J connectivity index is 1.43. The second-order valence-electron chi connectivity index (χ2n) is 12.3. The minimum atomic E-state index is -2.33. The first kappa shape index (κ1) is 26.6. The number of nitrogens with two attached hydrogens (primary N) is 1. The van der Waals surface area contributed by atoms with E-state index in [2.05, 4.69) is 37.2 Å². The van der Waals surface area contributed by atoms with Crippen LogP contribution in [0.4, 0.5) is 0 Å². The van der Waals surface area contributed by atoms with Crippen LogP contribution >= 0.6 is 0 Å². The van der Waals surface area contributed by atoms with Gasteiger partial charge in [0.1, 0.15) is 11.3 Å². The third-order valence-corrected chi connectivity index (χ3v) is 10.0. The van der Waals surface area contributed by atoms with Gasteiger partial charge in [0.25, 0.3) is 5.91 Å². The number of primary amides is 1. The smallest absolute Gasteiger partial charge is 0.255 e. The van der Waals surface area contributed by atoms with Crippen LogP contribution in [0.1, 0.15) is 32.1 Å². The highest BCUT2D eigenvalue weighted by atomic mass is 16.4. The number of ketones is 1. The quantitative estimate of drug-likeness (QED) is 0.229. The average molecular weight is 517 g/mol. The minimum absolute atomic E-state index is 0.0284. The first-order chi connectivity index (χ1) is 17.4. The largest absolute Gasteiger partial charge is 0.511 e. The van der Waals surface area contributed by atoms with Gasteiger partial charge in [-0.1, -0.05) is 24.3 Å². The molecule has 0 aromatic heterocycles. The lowest BCUT2D eigenvalue weighted by Gasteiger charge is -2.58. The maximum absolute atomic E-state index is 13.1. The van der Waals surface area contributed by atoms with Crippen molar-refractivity contribution in [1.82, 2.24) is 4.90 Å². The fourth-order valence-corrected chi connectivity index (χ4v) is 8.39. The summed E-state index contributed by atoms with van der Waals surface area (Å²) < 4.78 is 0. The Bertz CT molecular complexity index is 1040. The van der Waals surface area contributed by atoms with Gasteiger partial charge in [-0.25, -0.2) is 0 Å². The first-order valence-electron chi connectivity index (χ1n) is 13.5. The summed E-state index contributed by atoms with van der Waals surface area (Å²) in [6.07, 6.45) is 7.54. The molecular weight excluding hydrogens is 476 g/mol. The molecule has 204 valence electrons. The third-order valence-electron chi connectivity index (χ3n) is 10.0. The van der Waals surface area contributed by atoms with Crippen molar-refractivity contribution in [2.75, 3.05) is 20.6 Å². The van der Waals surface area contributed by atoms with E-state index in [9.17, 15) is 35.1 Å². The molecule has 7 N–H and O–H groups in total. The molecule has 0 aliphatic heterocycles. The highest BCUT2D eigenvalue weighted by molar-refractivity contribution is 6.23. The second kappa shape index (κ2) is 9.61. The fourth-order valence-electron chi connectivity index (χ4n) is 8.39. The van der Waals surface area contributed by atoms with Crippen molar-refractivity contribution in [2.24, 2.45) is 53.1 Å². The summed E-state index contributed by atoms with van der Waals surface area (Å²) in [6, 6.07) is 0. The van der Waals surface area contributed by atoms with Gasteiger partial charge in [0.2, 0.25) is 5.78 Å². The number of rotatable bonds is 4. The minimum Gasteiger partial charge on any atom is -0.511 e. The summed E-state index contributed by atoms with van der Waals surface area (Å²) in [5, 5.41) is 55.7. The van der Waals surface area contributed by atoms with Gasteiger partial charge in [-0.05, 0) is 69.4 Å². The van der Waals surface area contributed by atoms with Crippen LogP contribution in [0.5, 0.6) is 0 Å². The van der Waals surface area contributed by atoms with Crippen molar-refractivity contribution in [2.45, 2.75) is 56.0 Å². The molecule has 0 heterocycles. The molecule has 0 aromatic carbocycles. The molecule has 0 spiro atoms. The second-order valence-corrected chi connectivity index (χ2v) is 12.3. The van der Waals surface area contributed by atoms with Crippen LogP contribution < -0.4 is 5.73 Å². The summed E-state index contributed by atoms with van der Waals surface area (Å²) in [6.45, 7) is 0.997. The van der Waals surface area contributed by atoms with Crippen LogP contribution in [0.3, 0.4) is 0 Å². The van der Waals surface area contributed by atoms with Crippen LogP contribution in [0, 0.1) is 47.3 Å². The van der Waals surface area contributed by atoms with Crippen molar-refractivity contribution in [3.05, 3.63) is 35.6 Å². The Morgan fingerprint density at radius 3 is 2.43 bits per heavy atom. The Labute approximate surface area is 217 Å². The van der Waals surface area contributed by atoms with Crippen LogP contribution in [-0.4, -0.2) is 86.7 Å². The number of hydrogen-bond donors (Lipinski definition) is 6. The molecule has 5 aliphatic rings. The maximum Gasteiger partial charge on any atom is 0.255 e.